The predicted octanol–water partition coefficient (Wildman–Crippen LogP) is 10.6. The van der Waals surface area contributed by atoms with E-state index in [2.05, 4.69) is 4.74 Å². The van der Waals surface area contributed by atoms with E-state index in [9.17, 15) is 101 Å². The molecule has 0 N–H and O–H groups in total. The SMILES string of the molecule is CCC(C)(C)C(=O)OCCc1ccc(OC(F)(F)C(F)(F)C(F)(F)C(F)(F)C(F)(F)C(F)(F)C(F)(F)C(F)(F)C(F)(F)C(F)(F)C(C)(F)F)cc1. The molecule has 0 radical (unpaired) electrons. The molecule has 0 amide bonds. The van der Waals surface area contributed by atoms with Gasteiger partial charge >= 0.3 is 71.3 Å². The Labute approximate surface area is 271 Å². The zero-order valence-corrected chi connectivity index (χ0v) is 25.5. The molecular formula is C26H22F22O3. The maximum absolute atomic E-state index is 14.2. The van der Waals surface area contributed by atoms with Gasteiger partial charge in [-0.05, 0) is 38.0 Å². The molecule has 25 heteroatoms. The van der Waals surface area contributed by atoms with Crippen LogP contribution in [0.1, 0.15) is 39.7 Å². The molecule has 0 aliphatic carbocycles. The van der Waals surface area contributed by atoms with E-state index in [4.69, 9.17) is 4.74 Å². The minimum Gasteiger partial charge on any atom is -0.465 e. The van der Waals surface area contributed by atoms with Gasteiger partial charge in [0.1, 0.15) is 5.75 Å². The van der Waals surface area contributed by atoms with Crippen molar-refractivity contribution in [3.05, 3.63) is 29.8 Å². The summed E-state index contributed by atoms with van der Waals surface area (Å²) < 4.78 is 311. The molecule has 1 rings (SSSR count). The number of rotatable bonds is 17. The second-order valence-electron chi connectivity index (χ2n) is 11.4. The first kappa shape index (κ1) is 46.0. The van der Waals surface area contributed by atoms with Crippen molar-refractivity contribution in [1.82, 2.24) is 0 Å². The van der Waals surface area contributed by atoms with Crippen molar-refractivity contribution < 1.29 is 111 Å². The van der Waals surface area contributed by atoms with Crippen LogP contribution in [0.4, 0.5) is 96.6 Å². The molecule has 0 saturated heterocycles. The average molecular weight is 800 g/mol. The van der Waals surface area contributed by atoms with E-state index >= 15 is 0 Å². The molecule has 3 nitrogen and oxygen atoms in total. The standard InChI is InChI=1S/C26H22F22O3/c1-5-15(2,3)14(49)50-11-10-12-6-8-13(9-7-12)51-26(47,48)25(45,46)24(43,44)23(41,42)22(39,40)21(37,38)20(35,36)19(33,34)18(31,32)17(29,30)16(4,27)28/h6-9H,5,10-11H2,1-4H3. The van der Waals surface area contributed by atoms with Gasteiger partial charge in [0.15, 0.2) is 0 Å². The van der Waals surface area contributed by atoms with E-state index in [1.165, 1.54) is 13.8 Å². The van der Waals surface area contributed by atoms with Gasteiger partial charge in [0.05, 0.1) is 12.0 Å². The number of carbonyl (C=O) groups excluding carboxylic acids is 1. The number of halogens is 22. The van der Waals surface area contributed by atoms with Gasteiger partial charge in [-0.25, -0.2) is 0 Å². The summed E-state index contributed by atoms with van der Waals surface area (Å²) in [4.78, 5) is 11.9. The number of hydrogen-bond donors (Lipinski definition) is 0. The number of carbonyl (C=O) groups is 1. The highest BCUT2D eigenvalue weighted by molar-refractivity contribution is 5.75. The summed E-state index contributed by atoms with van der Waals surface area (Å²) in [5, 5.41) is 0. The zero-order valence-electron chi connectivity index (χ0n) is 25.5. The lowest BCUT2D eigenvalue weighted by Crippen LogP contribution is -2.77. The van der Waals surface area contributed by atoms with Crippen molar-refractivity contribution >= 4 is 5.97 Å². The van der Waals surface area contributed by atoms with E-state index in [-0.39, 0.29) is 24.1 Å². The van der Waals surface area contributed by atoms with Crippen LogP contribution in [-0.4, -0.2) is 77.9 Å². The fraction of sp³-hybridized carbons (Fsp3) is 0.731. The molecule has 0 bridgehead atoms. The average Bonchev–Trinajstić information content (AvgIpc) is 2.96. The van der Waals surface area contributed by atoms with E-state index in [0.717, 1.165) is 0 Å². The van der Waals surface area contributed by atoms with Gasteiger partial charge in [-0.3, -0.25) is 4.79 Å². The lowest BCUT2D eigenvalue weighted by atomic mass is 9.85. The summed E-state index contributed by atoms with van der Waals surface area (Å²) >= 11 is 0. The maximum Gasteiger partial charge on any atom is 0.471 e. The fourth-order valence-electron chi connectivity index (χ4n) is 3.38. The van der Waals surface area contributed by atoms with Crippen LogP contribution in [0.5, 0.6) is 5.75 Å². The lowest BCUT2D eigenvalue weighted by molar-refractivity contribution is -0.480. The summed E-state index contributed by atoms with van der Waals surface area (Å²) in [5.41, 5.74) is -0.984. The van der Waals surface area contributed by atoms with Crippen LogP contribution in [0.25, 0.3) is 0 Å². The summed E-state index contributed by atoms with van der Waals surface area (Å²) in [6, 6.07) is 1.68. The van der Waals surface area contributed by atoms with Gasteiger partial charge in [0.2, 0.25) is 0 Å². The third-order valence-corrected chi connectivity index (χ3v) is 7.30. The van der Waals surface area contributed by atoms with Crippen LogP contribution in [-0.2, 0) is 16.0 Å². The third kappa shape index (κ3) is 6.94. The Balaban J connectivity index is 3.50. The highest BCUT2D eigenvalue weighted by Crippen LogP contribution is 2.67. The third-order valence-electron chi connectivity index (χ3n) is 7.30. The quantitative estimate of drug-likeness (QED) is 0.116. The topological polar surface area (TPSA) is 35.5 Å². The summed E-state index contributed by atoms with van der Waals surface area (Å²) in [7, 11) is 0. The first-order valence-corrected chi connectivity index (χ1v) is 13.2. The summed E-state index contributed by atoms with van der Waals surface area (Å²) in [6.07, 6.45) is -7.21. The first-order valence-electron chi connectivity index (χ1n) is 13.2. The van der Waals surface area contributed by atoms with Crippen LogP contribution in [0.3, 0.4) is 0 Å². The van der Waals surface area contributed by atoms with Gasteiger partial charge in [-0.2, -0.15) is 96.6 Å². The molecule has 1 aromatic carbocycles. The summed E-state index contributed by atoms with van der Waals surface area (Å²) in [5.74, 6) is -88.9. The Hall–Kier alpha value is -3.05. The van der Waals surface area contributed by atoms with E-state index in [1.807, 2.05) is 0 Å². The zero-order chi connectivity index (χ0) is 41.1. The molecular weight excluding hydrogens is 778 g/mol. The van der Waals surface area contributed by atoms with Crippen LogP contribution >= 0.6 is 0 Å². The fourth-order valence-corrected chi connectivity index (χ4v) is 3.38. The highest BCUT2D eigenvalue weighted by atomic mass is 19.4. The first-order chi connectivity index (χ1) is 22.1. The Kier molecular flexibility index (Phi) is 11.8. The number of ether oxygens (including phenoxy) is 2. The van der Waals surface area contributed by atoms with Gasteiger partial charge in [0, 0.05) is 13.3 Å². The predicted molar refractivity (Wildman–Crippen MR) is 126 cm³/mol. The van der Waals surface area contributed by atoms with E-state index in [1.54, 1.807) is 6.92 Å². The highest BCUT2D eigenvalue weighted by Gasteiger charge is 2.98. The molecule has 0 spiro atoms. The van der Waals surface area contributed by atoms with Crippen molar-refractivity contribution in [3.63, 3.8) is 0 Å². The van der Waals surface area contributed by atoms with Gasteiger partial charge < -0.3 is 9.47 Å². The van der Waals surface area contributed by atoms with Gasteiger partial charge in [-0.15, -0.1) is 0 Å². The Morgan fingerprint density at radius 1 is 0.510 bits per heavy atom. The second kappa shape index (κ2) is 13.1. The van der Waals surface area contributed by atoms with Crippen molar-refractivity contribution in [2.75, 3.05) is 6.61 Å². The number of hydrogen-bond acceptors (Lipinski definition) is 3. The Morgan fingerprint density at radius 2 is 0.824 bits per heavy atom. The molecule has 0 aliphatic heterocycles. The smallest absolute Gasteiger partial charge is 0.465 e. The number of esters is 1. The van der Waals surface area contributed by atoms with Crippen molar-refractivity contribution in [2.24, 2.45) is 5.41 Å². The van der Waals surface area contributed by atoms with Crippen LogP contribution in [0.2, 0.25) is 0 Å². The minimum atomic E-state index is -9.35. The normalized spacial score (nSPS) is 15.6. The van der Waals surface area contributed by atoms with E-state index in [0.29, 0.717) is 18.6 Å². The lowest BCUT2D eigenvalue weighted by Gasteiger charge is -2.45. The number of benzene rings is 1. The largest absolute Gasteiger partial charge is 0.471 e. The van der Waals surface area contributed by atoms with Crippen LogP contribution in [0.15, 0.2) is 24.3 Å². The molecule has 0 heterocycles. The minimum absolute atomic E-state index is 0.0259. The second-order valence-corrected chi connectivity index (χ2v) is 11.4. The molecule has 298 valence electrons. The molecule has 0 unspecified atom stereocenters. The number of alkyl halides is 22. The van der Waals surface area contributed by atoms with Crippen molar-refractivity contribution in [3.8, 4) is 5.75 Å². The molecule has 0 aromatic heterocycles. The van der Waals surface area contributed by atoms with Crippen molar-refractivity contribution in [1.29, 1.82) is 0 Å². The van der Waals surface area contributed by atoms with Gasteiger partial charge in [0.25, 0.3) is 0 Å². The molecule has 0 atom stereocenters. The summed E-state index contributed by atoms with van der Waals surface area (Å²) in [6.45, 7) is 2.75. The van der Waals surface area contributed by atoms with Crippen LogP contribution in [0, 0.1) is 5.41 Å². The molecule has 0 saturated carbocycles. The van der Waals surface area contributed by atoms with E-state index < -0.39 is 96.0 Å². The van der Waals surface area contributed by atoms with Crippen LogP contribution < -0.4 is 4.74 Å². The molecule has 51 heavy (non-hydrogen) atoms. The maximum atomic E-state index is 14.2. The molecule has 0 aliphatic rings. The van der Waals surface area contributed by atoms with Crippen molar-refractivity contribution in [2.45, 2.75) is 106 Å². The Morgan fingerprint density at radius 3 is 1.14 bits per heavy atom. The van der Waals surface area contributed by atoms with Gasteiger partial charge in [-0.1, -0.05) is 19.1 Å². The molecule has 1 aromatic rings. The molecule has 0 fully saturated rings. The monoisotopic (exact) mass is 800 g/mol. The Bertz CT molecular complexity index is 1380.